The Morgan fingerprint density at radius 3 is 2.26 bits per heavy atom. The number of pyridine rings is 1. The smallest absolute Gasteiger partial charge is 0.262 e. The van der Waals surface area contributed by atoms with E-state index in [1.807, 2.05) is 30.3 Å². The molecule has 5 heteroatoms. The van der Waals surface area contributed by atoms with Crippen LogP contribution in [0.4, 0.5) is 0 Å². The second-order valence-corrected chi connectivity index (χ2v) is 8.16. The predicted molar refractivity (Wildman–Crippen MR) is 109 cm³/mol. The number of carbonyl (C=O) groups excluding carboxylic acids is 2. The monoisotopic (exact) mass is 422 g/mol. The molecule has 0 saturated heterocycles. The van der Waals surface area contributed by atoms with Gasteiger partial charge >= 0.3 is 0 Å². The topological polar surface area (TPSA) is 50.3 Å². The molecular formula is C22H19BrN2O2. The van der Waals surface area contributed by atoms with E-state index in [4.69, 9.17) is 4.98 Å². The summed E-state index contributed by atoms with van der Waals surface area (Å²) in [7, 11) is 0. The Hall–Kier alpha value is -2.53. The molecule has 0 fully saturated rings. The van der Waals surface area contributed by atoms with E-state index in [2.05, 4.69) is 29.8 Å². The third kappa shape index (κ3) is 3.16. The van der Waals surface area contributed by atoms with E-state index in [-0.39, 0.29) is 17.9 Å². The number of hydrogen-bond acceptors (Lipinski definition) is 3. The zero-order valence-corrected chi connectivity index (χ0v) is 16.7. The minimum Gasteiger partial charge on any atom is -0.269 e. The van der Waals surface area contributed by atoms with Gasteiger partial charge in [-0.3, -0.25) is 19.5 Å². The molecule has 2 heterocycles. The van der Waals surface area contributed by atoms with Gasteiger partial charge in [-0.05, 0) is 48.7 Å². The van der Waals surface area contributed by atoms with Crippen LogP contribution in [-0.2, 0) is 0 Å². The van der Waals surface area contributed by atoms with E-state index < -0.39 is 0 Å². The minimum atomic E-state index is -0.384. The molecule has 0 radical (unpaired) electrons. The lowest BCUT2D eigenvalue weighted by molar-refractivity contribution is 0.0560. The summed E-state index contributed by atoms with van der Waals surface area (Å²) in [6.07, 6.45) is 0.667. The summed E-state index contributed by atoms with van der Waals surface area (Å²) in [6, 6.07) is 16.4. The Bertz CT molecular complexity index is 1030. The Morgan fingerprint density at radius 1 is 0.963 bits per heavy atom. The molecule has 0 spiro atoms. The van der Waals surface area contributed by atoms with Gasteiger partial charge in [0, 0.05) is 9.86 Å². The number of fused-ring (bicyclic) bond motifs is 2. The highest BCUT2D eigenvalue weighted by Gasteiger charge is 2.41. The predicted octanol–water partition coefficient (Wildman–Crippen LogP) is 5.38. The standard InChI is InChI=1S/C22H19BrN2O2/c1-13(2)11-20(19-9-7-14-12-15(23)8-10-18(14)24-19)25-21(26)16-5-3-4-6-17(16)22(25)27/h3-10,12-13,20H,11H2,1-2H3. The molecule has 27 heavy (non-hydrogen) atoms. The van der Waals surface area contributed by atoms with E-state index in [1.54, 1.807) is 24.3 Å². The van der Waals surface area contributed by atoms with E-state index in [0.717, 1.165) is 21.1 Å². The van der Waals surface area contributed by atoms with Crippen LogP contribution in [0.2, 0.25) is 0 Å². The van der Waals surface area contributed by atoms with Crippen molar-refractivity contribution in [1.29, 1.82) is 0 Å². The van der Waals surface area contributed by atoms with Gasteiger partial charge in [-0.25, -0.2) is 0 Å². The van der Waals surface area contributed by atoms with E-state index >= 15 is 0 Å². The van der Waals surface area contributed by atoms with Crippen molar-refractivity contribution in [2.24, 2.45) is 5.92 Å². The molecule has 0 saturated carbocycles. The van der Waals surface area contributed by atoms with E-state index in [0.29, 0.717) is 23.5 Å². The maximum Gasteiger partial charge on any atom is 0.262 e. The van der Waals surface area contributed by atoms with Crippen LogP contribution >= 0.6 is 15.9 Å². The Kier molecular flexibility index (Phi) is 4.56. The van der Waals surface area contributed by atoms with Crippen LogP contribution in [-0.4, -0.2) is 21.7 Å². The second-order valence-electron chi connectivity index (χ2n) is 7.24. The molecule has 2 amide bonds. The van der Waals surface area contributed by atoms with Crippen LogP contribution in [0.15, 0.2) is 59.1 Å². The molecule has 1 aliphatic heterocycles. The first-order chi connectivity index (χ1) is 13.0. The first kappa shape index (κ1) is 17.9. The van der Waals surface area contributed by atoms with Gasteiger partial charge in [-0.15, -0.1) is 0 Å². The fourth-order valence-electron chi connectivity index (χ4n) is 3.59. The number of amides is 2. The van der Waals surface area contributed by atoms with Gasteiger partial charge < -0.3 is 0 Å². The molecule has 3 aromatic rings. The molecule has 1 atom stereocenters. The van der Waals surface area contributed by atoms with Crippen molar-refractivity contribution in [2.45, 2.75) is 26.3 Å². The summed E-state index contributed by atoms with van der Waals surface area (Å²) < 4.78 is 0.989. The average molecular weight is 423 g/mol. The van der Waals surface area contributed by atoms with Crippen molar-refractivity contribution in [3.8, 4) is 0 Å². The lowest BCUT2D eigenvalue weighted by Gasteiger charge is -2.27. The lowest BCUT2D eigenvalue weighted by Crippen LogP contribution is -2.35. The largest absolute Gasteiger partial charge is 0.269 e. The quantitative estimate of drug-likeness (QED) is 0.530. The van der Waals surface area contributed by atoms with Gasteiger partial charge in [0.2, 0.25) is 0 Å². The van der Waals surface area contributed by atoms with Crippen LogP contribution in [0.1, 0.15) is 52.7 Å². The van der Waals surface area contributed by atoms with Crippen molar-refractivity contribution in [1.82, 2.24) is 9.88 Å². The average Bonchev–Trinajstić information content (AvgIpc) is 2.90. The molecular weight excluding hydrogens is 404 g/mol. The molecule has 2 aromatic carbocycles. The number of halogens is 1. The zero-order valence-electron chi connectivity index (χ0n) is 15.1. The number of nitrogens with zero attached hydrogens (tertiary/aromatic N) is 2. The minimum absolute atomic E-state index is 0.237. The molecule has 4 nitrogen and oxygen atoms in total. The summed E-state index contributed by atoms with van der Waals surface area (Å²) in [5.74, 6) is -0.167. The van der Waals surface area contributed by atoms with E-state index in [1.165, 1.54) is 4.90 Å². The van der Waals surface area contributed by atoms with Gasteiger partial charge in [0.1, 0.15) is 0 Å². The summed E-state index contributed by atoms with van der Waals surface area (Å²) in [6.45, 7) is 4.17. The lowest BCUT2D eigenvalue weighted by atomic mass is 9.98. The van der Waals surface area contributed by atoms with E-state index in [9.17, 15) is 9.59 Å². The van der Waals surface area contributed by atoms with Crippen molar-refractivity contribution in [3.63, 3.8) is 0 Å². The summed E-state index contributed by atoms with van der Waals surface area (Å²) in [4.78, 5) is 32.1. The number of rotatable bonds is 4. The SMILES string of the molecule is CC(C)CC(c1ccc2cc(Br)ccc2n1)N1C(=O)c2ccccc2C1=O. The highest BCUT2D eigenvalue weighted by Crippen LogP contribution is 2.35. The van der Waals surface area contributed by atoms with Gasteiger partial charge in [-0.1, -0.05) is 48.0 Å². The molecule has 0 N–H and O–H groups in total. The van der Waals surface area contributed by atoms with Crippen LogP contribution < -0.4 is 0 Å². The molecule has 0 aliphatic carbocycles. The number of aromatic nitrogens is 1. The number of hydrogen-bond donors (Lipinski definition) is 0. The van der Waals surface area contributed by atoms with Crippen molar-refractivity contribution >= 4 is 38.6 Å². The Balaban J connectivity index is 1.80. The highest BCUT2D eigenvalue weighted by molar-refractivity contribution is 9.10. The first-order valence-electron chi connectivity index (χ1n) is 8.99. The van der Waals surface area contributed by atoms with Gasteiger partial charge in [0.05, 0.1) is 28.4 Å². The molecule has 1 unspecified atom stereocenters. The molecule has 1 aliphatic rings. The third-order valence-electron chi connectivity index (χ3n) is 4.85. The highest BCUT2D eigenvalue weighted by atomic mass is 79.9. The van der Waals surface area contributed by atoms with Gasteiger partial charge in [0.25, 0.3) is 11.8 Å². The maximum absolute atomic E-state index is 13.0. The Labute approximate surface area is 166 Å². The van der Waals surface area contributed by atoms with Crippen LogP contribution in [0.5, 0.6) is 0 Å². The third-order valence-corrected chi connectivity index (χ3v) is 5.34. The Morgan fingerprint density at radius 2 is 1.63 bits per heavy atom. The summed E-state index contributed by atoms with van der Waals surface area (Å²) >= 11 is 3.47. The second kappa shape index (κ2) is 6.89. The van der Waals surface area contributed by atoms with Crippen molar-refractivity contribution in [3.05, 3.63) is 75.9 Å². The fourth-order valence-corrected chi connectivity index (χ4v) is 3.97. The van der Waals surface area contributed by atoms with Crippen LogP contribution in [0, 0.1) is 5.92 Å². The molecule has 1 aromatic heterocycles. The number of imide groups is 1. The number of benzene rings is 2. The number of carbonyl (C=O) groups is 2. The van der Waals surface area contributed by atoms with Crippen molar-refractivity contribution < 1.29 is 9.59 Å². The molecule has 4 rings (SSSR count). The van der Waals surface area contributed by atoms with Gasteiger partial charge in [-0.2, -0.15) is 0 Å². The summed E-state index contributed by atoms with van der Waals surface area (Å²) in [5, 5.41) is 1.01. The zero-order chi connectivity index (χ0) is 19.1. The van der Waals surface area contributed by atoms with Gasteiger partial charge in [0.15, 0.2) is 0 Å². The van der Waals surface area contributed by atoms with Crippen molar-refractivity contribution in [2.75, 3.05) is 0 Å². The van der Waals surface area contributed by atoms with Crippen LogP contribution in [0.3, 0.4) is 0 Å². The van der Waals surface area contributed by atoms with Crippen LogP contribution in [0.25, 0.3) is 10.9 Å². The maximum atomic E-state index is 13.0. The molecule has 0 bridgehead atoms. The first-order valence-corrected chi connectivity index (χ1v) is 9.78. The molecule has 136 valence electrons. The fraction of sp³-hybridized carbons (Fsp3) is 0.227. The summed E-state index contributed by atoms with van der Waals surface area (Å²) in [5.41, 5.74) is 2.54. The normalized spacial score (nSPS) is 14.9.